The number of thioether (sulfide) groups is 1. The van der Waals surface area contributed by atoms with Gasteiger partial charge in [-0.25, -0.2) is 14.4 Å². The minimum atomic E-state index is -0.495. The van der Waals surface area contributed by atoms with Crippen LogP contribution in [0.3, 0.4) is 0 Å². The third-order valence-electron chi connectivity index (χ3n) is 5.39. The number of anilines is 1. The Kier molecular flexibility index (Phi) is 5.14. The summed E-state index contributed by atoms with van der Waals surface area (Å²) in [6, 6.07) is 7.83. The number of carbonyl (C=O) groups is 1. The van der Waals surface area contributed by atoms with E-state index in [0.717, 1.165) is 36.2 Å². The Balaban J connectivity index is 1.57. The number of nitrogens with one attached hydrogen (secondary N) is 1. The second-order valence-electron chi connectivity index (χ2n) is 7.40. The molecule has 4 aromatic heterocycles. The Labute approximate surface area is 180 Å². The quantitative estimate of drug-likeness (QED) is 0.527. The van der Waals surface area contributed by atoms with Crippen molar-refractivity contribution in [3.63, 3.8) is 0 Å². The summed E-state index contributed by atoms with van der Waals surface area (Å²) >= 11 is 1.93. The Morgan fingerprint density at radius 1 is 1.23 bits per heavy atom. The molecule has 1 aliphatic heterocycles. The normalized spacial score (nSPS) is 14.9. The van der Waals surface area contributed by atoms with Crippen LogP contribution in [0.4, 0.5) is 10.2 Å². The van der Waals surface area contributed by atoms with Crippen LogP contribution in [0.25, 0.3) is 16.7 Å². The van der Waals surface area contributed by atoms with Gasteiger partial charge in [0.25, 0.3) is 5.56 Å². The lowest BCUT2D eigenvalue weighted by molar-refractivity contribution is -0.116. The number of pyridine rings is 2. The van der Waals surface area contributed by atoms with Crippen LogP contribution in [0.1, 0.15) is 24.5 Å². The highest BCUT2D eigenvalue weighted by atomic mass is 32.2. The van der Waals surface area contributed by atoms with E-state index < -0.39 is 11.7 Å². The molecule has 158 valence electrons. The predicted octanol–water partition coefficient (Wildman–Crippen LogP) is 2.83. The molecule has 5 rings (SSSR count). The molecule has 0 unspecified atom stereocenters. The largest absolute Gasteiger partial charge is 0.309 e. The Bertz CT molecular complexity index is 1330. The molecule has 0 radical (unpaired) electrons. The van der Waals surface area contributed by atoms with E-state index in [2.05, 4.69) is 15.3 Å². The number of hydrogen-bond donors (Lipinski definition) is 1. The van der Waals surface area contributed by atoms with Crippen LogP contribution in [0.2, 0.25) is 0 Å². The molecule has 0 aromatic carbocycles. The fourth-order valence-electron chi connectivity index (χ4n) is 3.84. The average molecular weight is 438 g/mol. The Hall–Kier alpha value is -3.27. The maximum Gasteiger partial charge on any atom is 0.263 e. The third-order valence-corrected chi connectivity index (χ3v) is 6.43. The van der Waals surface area contributed by atoms with Crippen LogP contribution in [0.5, 0.6) is 0 Å². The van der Waals surface area contributed by atoms with Gasteiger partial charge in [0.15, 0.2) is 5.65 Å². The standard InChI is InChI=1S/C21H19FN6O2S/c22-14-3-4-17(24-11-14)25-18(29)12-27-19-10-16(13-5-8-31-9-6-13)26-28(19)20-15(21(27)30)2-1-7-23-20/h1-4,7,10-11,13H,5-6,8-9,12H2,(H,24,25,29). The van der Waals surface area contributed by atoms with Gasteiger partial charge in [-0.3, -0.25) is 14.2 Å². The van der Waals surface area contributed by atoms with Gasteiger partial charge in [-0.05, 0) is 48.6 Å². The zero-order valence-corrected chi connectivity index (χ0v) is 17.3. The lowest BCUT2D eigenvalue weighted by Gasteiger charge is -2.18. The molecule has 0 spiro atoms. The van der Waals surface area contributed by atoms with Gasteiger partial charge in [-0.1, -0.05) is 0 Å². The van der Waals surface area contributed by atoms with Crippen molar-refractivity contribution in [2.75, 3.05) is 16.8 Å². The second kappa shape index (κ2) is 8.10. The molecule has 1 saturated heterocycles. The number of hydrogen-bond acceptors (Lipinski definition) is 6. The van der Waals surface area contributed by atoms with Crippen LogP contribution >= 0.6 is 11.8 Å². The smallest absolute Gasteiger partial charge is 0.263 e. The first-order valence-electron chi connectivity index (χ1n) is 9.96. The molecule has 1 N–H and O–H groups in total. The van der Waals surface area contributed by atoms with Crippen molar-refractivity contribution in [2.45, 2.75) is 25.3 Å². The number of carbonyl (C=O) groups excluding carboxylic acids is 1. The molecule has 0 aliphatic carbocycles. The molecule has 5 heterocycles. The topological polar surface area (TPSA) is 94.2 Å². The van der Waals surface area contributed by atoms with Crippen LogP contribution in [0.15, 0.2) is 47.5 Å². The van der Waals surface area contributed by atoms with E-state index in [1.807, 2.05) is 17.8 Å². The van der Waals surface area contributed by atoms with Crippen molar-refractivity contribution in [1.29, 1.82) is 0 Å². The maximum atomic E-state index is 13.2. The zero-order valence-electron chi connectivity index (χ0n) is 16.5. The van der Waals surface area contributed by atoms with Crippen molar-refractivity contribution >= 4 is 40.2 Å². The first-order chi connectivity index (χ1) is 15.1. The van der Waals surface area contributed by atoms with E-state index >= 15 is 0 Å². The Morgan fingerprint density at radius 2 is 2.06 bits per heavy atom. The number of amides is 1. The van der Waals surface area contributed by atoms with Crippen LogP contribution in [-0.4, -0.2) is 41.6 Å². The van der Waals surface area contributed by atoms with Crippen LogP contribution in [-0.2, 0) is 11.3 Å². The molecule has 10 heteroatoms. The summed E-state index contributed by atoms with van der Waals surface area (Å²) in [6.07, 6.45) is 4.70. The average Bonchev–Trinajstić information content (AvgIpc) is 3.24. The van der Waals surface area contributed by atoms with Gasteiger partial charge in [0.2, 0.25) is 5.91 Å². The maximum absolute atomic E-state index is 13.2. The van der Waals surface area contributed by atoms with E-state index in [1.54, 1.807) is 22.8 Å². The molecule has 0 bridgehead atoms. The highest BCUT2D eigenvalue weighted by Gasteiger charge is 2.22. The van der Waals surface area contributed by atoms with Crippen molar-refractivity contribution in [1.82, 2.24) is 24.1 Å². The molecule has 1 fully saturated rings. The number of halogens is 1. The zero-order chi connectivity index (χ0) is 21.4. The second-order valence-corrected chi connectivity index (χ2v) is 8.63. The molecule has 8 nitrogen and oxygen atoms in total. The van der Waals surface area contributed by atoms with Crippen LogP contribution < -0.4 is 10.9 Å². The summed E-state index contributed by atoms with van der Waals surface area (Å²) < 4.78 is 16.1. The molecule has 0 saturated carbocycles. The lowest BCUT2D eigenvalue weighted by Crippen LogP contribution is -2.29. The molecule has 1 amide bonds. The lowest BCUT2D eigenvalue weighted by atomic mass is 9.99. The van der Waals surface area contributed by atoms with Crippen molar-refractivity contribution < 1.29 is 9.18 Å². The van der Waals surface area contributed by atoms with E-state index in [1.165, 1.54) is 16.7 Å². The van der Waals surface area contributed by atoms with Crippen molar-refractivity contribution in [3.8, 4) is 0 Å². The van der Waals surface area contributed by atoms with Crippen molar-refractivity contribution in [2.24, 2.45) is 0 Å². The van der Waals surface area contributed by atoms with Gasteiger partial charge in [0.1, 0.15) is 23.8 Å². The van der Waals surface area contributed by atoms with Gasteiger partial charge in [0.05, 0.1) is 17.3 Å². The first kappa shape index (κ1) is 19.7. The third kappa shape index (κ3) is 3.78. The summed E-state index contributed by atoms with van der Waals surface area (Å²) in [6.45, 7) is -0.224. The fourth-order valence-corrected chi connectivity index (χ4v) is 4.95. The number of nitrogens with zero attached hydrogens (tertiary/aromatic N) is 5. The monoisotopic (exact) mass is 438 g/mol. The summed E-state index contributed by atoms with van der Waals surface area (Å²) in [7, 11) is 0. The van der Waals surface area contributed by atoms with E-state index in [9.17, 15) is 14.0 Å². The van der Waals surface area contributed by atoms with E-state index in [4.69, 9.17) is 5.10 Å². The fraction of sp³-hybridized carbons (Fsp3) is 0.286. The molecule has 0 atom stereocenters. The minimum Gasteiger partial charge on any atom is -0.309 e. The highest BCUT2D eigenvalue weighted by Crippen LogP contribution is 2.31. The van der Waals surface area contributed by atoms with Crippen molar-refractivity contribution in [3.05, 3.63) is 64.6 Å². The summed E-state index contributed by atoms with van der Waals surface area (Å²) in [5.41, 5.74) is 1.58. The Morgan fingerprint density at radius 3 is 2.84 bits per heavy atom. The summed E-state index contributed by atoms with van der Waals surface area (Å²) in [5.74, 6) is 1.76. The summed E-state index contributed by atoms with van der Waals surface area (Å²) in [4.78, 5) is 34.0. The predicted molar refractivity (Wildman–Crippen MR) is 117 cm³/mol. The van der Waals surface area contributed by atoms with Gasteiger partial charge >= 0.3 is 0 Å². The molecule has 31 heavy (non-hydrogen) atoms. The van der Waals surface area contributed by atoms with Crippen LogP contribution in [0, 0.1) is 5.82 Å². The molecular weight excluding hydrogens is 419 g/mol. The highest BCUT2D eigenvalue weighted by molar-refractivity contribution is 7.99. The summed E-state index contributed by atoms with van der Waals surface area (Å²) in [5, 5.41) is 7.76. The molecule has 1 aliphatic rings. The first-order valence-corrected chi connectivity index (χ1v) is 11.1. The minimum absolute atomic E-state index is 0.215. The SMILES string of the molecule is O=C(Cn1c(=O)c2cccnc2n2nc(C3CCSCC3)cc12)Nc1ccc(F)cn1. The van der Waals surface area contributed by atoms with Gasteiger partial charge in [-0.2, -0.15) is 21.4 Å². The number of rotatable bonds is 4. The number of aromatic nitrogens is 5. The van der Waals surface area contributed by atoms with Gasteiger partial charge in [-0.15, -0.1) is 0 Å². The van der Waals surface area contributed by atoms with E-state index in [-0.39, 0.29) is 17.9 Å². The number of fused-ring (bicyclic) bond motifs is 3. The van der Waals surface area contributed by atoms with Gasteiger partial charge in [0, 0.05) is 18.2 Å². The molecule has 4 aromatic rings. The van der Waals surface area contributed by atoms with E-state index in [0.29, 0.717) is 22.6 Å². The van der Waals surface area contributed by atoms with Gasteiger partial charge < -0.3 is 5.32 Å². The molecular formula is C21H19FN6O2S.